The minimum absolute atomic E-state index is 0.590. The molecule has 2 aliphatic carbocycles. The lowest BCUT2D eigenvalue weighted by atomic mass is 9.77. The van der Waals surface area contributed by atoms with Crippen LogP contribution in [0, 0.1) is 5.92 Å². The molecule has 0 heterocycles. The van der Waals surface area contributed by atoms with Crippen molar-refractivity contribution >= 4 is 0 Å². The van der Waals surface area contributed by atoms with Gasteiger partial charge in [-0.15, -0.1) is 0 Å². The van der Waals surface area contributed by atoms with Crippen LogP contribution in [0.25, 0.3) is 11.1 Å². The number of hydrogen-bond acceptors (Lipinski definition) is 0. The Hall–Kier alpha value is -1.82. The summed E-state index contributed by atoms with van der Waals surface area (Å²) in [6.45, 7) is 0. The van der Waals surface area contributed by atoms with Gasteiger partial charge >= 0.3 is 0 Å². The van der Waals surface area contributed by atoms with E-state index in [1.165, 1.54) is 28.7 Å². The van der Waals surface area contributed by atoms with E-state index >= 15 is 0 Å². The highest BCUT2D eigenvalue weighted by molar-refractivity contribution is 5.79. The van der Waals surface area contributed by atoms with Crippen LogP contribution in [-0.4, -0.2) is 0 Å². The van der Waals surface area contributed by atoms with Crippen LogP contribution >= 0.6 is 0 Å². The Labute approximate surface area is 102 Å². The molecule has 0 aromatic heterocycles. The molecule has 1 unspecified atom stereocenters. The van der Waals surface area contributed by atoms with Gasteiger partial charge in [-0.25, -0.2) is 0 Å². The van der Waals surface area contributed by atoms with Gasteiger partial charge in [-0.2, -0.15) is 0 Å². The van der Waals surface area contributed by atoms with Gasteiger partial charge in [0.1, 0.15) is 0 Å². The molecule has 1 atom stereocenters. The third-order valence-corrected chi connectivity index (χ3v) is 4.10. The first-order chi connectivity index (χ1) is 8.45. The summed E-state index contributed by atoms with van der Waals surface area (Å²) < 4.78 is 0. The molecule has 82 valence electrons. The molecule has 0 radical (unpaired) electrons. The molecule has 4 rings (SSSR count). The fraction of sp³-hybridized carbons (Fsp3) is 0.176. The average molecular weight is 218 g/mol. The van der Waals surface area contributed by atoms with Crippen LogP contribution in [0.4, 0.5) is 0 Å². The highest BCUT2D eigenvalue weighted by atomic mass is 14.4. The van der Waals surface area contributed by atoms with Crippen LogP contribution in [0.2, 0.25) is 0 Å². The minimum Gasteiger partial charge on any atom is -0.0876 e. The largest absolute Gasteiger partial charge is 0.0876 e. The Balaban J connectivity index is 1.98. The van der Waals surface area contributed by atoms with Crippen molar-refractivity contribution in [2.45, 2.75) is 12.3 Å². The van der Waals surface area contributed by atoms with Crippen LogP contribution < -0.4 is 0 Å². The molecule has 17 heavy (non-hydrogen) atoms. The van der Waals surface area contributed by atoms with Crippen molar-refractivity contribution in [3.8, 4) is 11.1 Å². The summed E-state index contributed by atoms with van der Waals surface area (Å²) in [6, 6.07) is 17.7. The van der Waals surface area contributed by atoms with Gasteiger partial charge in [-0.05, 0) is 34.6 Å². The van der Waals surface area contributed by atoms with E-state index in [0.717, 1.165) is 0 Å². The fourth-order valence-corrected chi connectivity index (χ4v) is 3.20. The monoisotopic (exact) mass is 218 g/mol. The first kappa shape index (κ1) is 9.23. The molecule has 0 fully saturated rings. The van der Waals surface area contributed by atoms with Crippen molar-refractivity contribution < 1.29 is 0 Å². The normalized spacial score (nSPS) is 20.8. The molecule has 0 nitrogen and oxygen atoms in total. The van der Waals surface area contributed by atoms with Gasteiger partial charge in [0.2, 0.25) is 0 Å². The maximum absolute atomic E-state index is 2.36. The van der Waals surface area contributed by atoms with E-state index < -0.39 is 0 Å². The molecule has 0 N–H and O–H groups in total. The SMILES string of the molecule is C1=CC(C2c3ccccc3-c3ccccc32)C1. The Morgan fingerprint density at radius 3 is 1.76 bits per heavy atom. The van der Waals surface area contributed by atoms with E-state index in [4.69, 9.17) is 0 Å². The second kappa shape index (κ2) is 3.33. The molecule has 2 aromatic rings. The van der Waals surface area contributed by atoms with Gasteiger partial charge in [0.05, 0.1) is 0 Å². The van der Waals surface area contributed by atoms with Gasteiger partial charge in [-0.3, -0.25) is 0 Å². The minimum atomic E-state index is 0.590. The smallest absolute Gasteiger partial charge is 0.0167 e. The lowest BCUT2D eigenvalue weighted by molar-refractivity contribution is 0.544. The molecule has 0 spiro atoms. The molecule has 0 amide bonds. The highest BCUT2D eigenvalue weighted by Crippen LogP contribution is 2.50. The zero-order valence-corrected chi connectivity index (χ0v) is 9.64. The maximum atomic E-state index is 2.36. The van der Waals surface area contributed by atoms with Crippen LogP contribution in [0.3, 0.4) is 0 Å². The standard InChI is InChI=1S/C17H14/c1-3-10-15-13(8-1)14-9-2-4-11-16(14)17(15)12-6-5-7-12/h1-6,8-12,17H,7H2. The van der Waals surface area contributed by atoms with Crippen molar-refractivity contribution in [3.63, 3.8) is 0 Å². The van der Waals surface area contributed by atoms with E-state index in [2.05, 4.69) is 60.7 Å². The lowest BCUT2D eigenvalue weighted by Crippen LogP contribution is -2.14. The summed E-state index contributed by atoms with van der Waals surface area (Å²) in [5.74, 6) is 1.30. The summed E-state index contributed by atoms with van der Waals surface area (Å²) >= 11 is 0. The van der Waals surface area contributed by atoms with Crippen LogP contribution in [0.5, 0.6) is 0 Å². The van der Waals surface area contributed by atoms with Crippen molar-refractivity contribution in [2.24, 2.45) is 5.92 Å². The Morgan fingerprint density at radius 2 is 1.29 bits per heavy atom. The second-order valence-corrected chi connectivity index (χ2v) is 4.98. The van der Waals surface area contributed by atoms with E-state index in [9.17, 15) is 0 Å². The summed E-state index contributed by atoms with van der Waals surface area (Å²) in [7, 11) is 0. The van der Waals surface area contributed by atoms with Crippen LogP contribution in [0.1, 0.15) is 23.5 Å². The van der Waals surface area contributed by atoms with Crippen molar-refractivity contribution in [1.29, 1.82) is 0 Å². The van der Waals surface area contributed by atoms with Gasteiger partial charge < -0.3 is 0 Å². The highest BCUT2D eigenvalue weighted by Gasteiger charge is 2.34. The Bertz CT molecular complexity index is 561. The number of fused-ring (bicyclic) bond motifs is 3. The molecule has 0 saturated heterocycles. The fourth-order valence-electron chi connectivity index (χ4n) is 3.20. The summed E-state index contributed by atoms with van der Waals surface area (Å²) in [5.41, 5.74) is 5.91. The van der Waals surface area contributed by atoms with Gasteiger partial charge in [-0.1, -0.05) is 60.7 Å². The molecule has 0 bridgehead atoms. The number of benzene rings is 2. The van der Waals surface area contributed by atoms with Crippen molar-refractivity contribution in [3.05, 3.63) is 71.8 Å². The number of allylic oxidation sites excluding steroid dienone is 2. The van der Waals surface area contributed by atoms with Crippen LogP contribution in [-0.2, 0) is 0 Å². The van der Waals surface area contributed by atoms with E-state index in [1.54, 1.807) is 0 Å². The first-order valence-electron chi connectivity index (χ1n) is 6.30. The van der Waals surface area contributed by atoms with E-state index in [1.807, 2.05) is 0 Å². The molecular formula is C17H14. The van der Waals surface area contributed by atoms with Gasteiger partial charge in [0, 0.05) is 5.92 Å². The van der Waals surface area contributed by atoms with E-state index in [-0.39, 0.29) is 0 Å². The maximum Gasteiger partial charge on any atom is 0.0167 e. The number of rotatable bonds is 1. The quantitative estimate of drug-likeness (QED) is 0.623. The molecule has 0 saturated carbocycles. The lowest BCUT2D eigenvalue weighted by Gasteiger charge is -2.26. The summed E-state index contributed by atoms with van der Waals surface area (Å²) in [6.07, 6.45) is 5.88. The summed E-state index contributed by atoms with van der Waals surface area (Å²) in [5, 5.41) is 0. The predicted molar refractivity (Wildman–Crippen MR) is 71.0 cm³/mol. The van der Waals surface area contributed by atoms with Crippen LogP contribution in [0.15, 0.2) is 60.7 Å². The third-order valence-electron chi connectivity index (χ3n) is 4.10. The van der Waals surface area contributed by atoms with Gasteiger partial charge in [0.15, 0.2) is 0 Å². The first-order valence-corrected chi connectivity index (χ1v) is 6.30. The predicted octanol–water partition coefficient (Wildman–Crippen LogP) is 4.38. The second-order valence-electron chi connectivity index (χ2n) is 4.98. The van der Waals surface area contributed by atoms with Crippen molar-refractivity contribution in [2.75, 3.05) is 0 Å². The van der Waals surface area contributed by atoms with Gasteiger partial charge in [0.25, 0.3) is 0 Å². The zero-order chi connectivity index (χ0) is 11.2. The summed E-state index contributed by atoms with van der Waals surface area (Å²) in [4.78, 5) is 0. The van der Waals surface area contributed by atoms with Crippen molar-refractivity contribution in [1.82, 2.24) is 0 Å². The molecule has 2 aromatic carbocycles. The molecule has 0 heteroatoms. The topological polar surface area (TPSA) is 0 Å². The Morgan fingerprint density at radius 1 is 0.765 bits per heavy atom. The zero-order valence-electron chi connectivity index (χ0n) is 9.64. The van der Waals surface area contributed by atoms with E-state index in [0.29, 0.717) is 11.8 Å². The Kier molecular flexibility index (Phi) is 1.81. The average Bonchev–Trinajstić information content (AvgIpc) is 2.64. The molecular weight excluding hydrogens is 204 g/mol. The number of hydrogen-bond donors (Lipinski definition) is 0. The molecule has 2 aliphatic rings. The molecule has 0 aliphatic heterocycles. The third kappa shape index (κ3) is 1.18.